The van der Waals surface area contributed by atoms with Crippen molar-refractivity contribution in [3.05, 3.63) is 23.3 Å². The molecule has 0 radical (unpaired) electrons. The molecule has 14 heavy (non-hydrogen) atoms. The molecule has 0 saturated carbocycles. The fraction of sp³-hybridized carbons (Fsp3) is 0.250. The summed E-state index contributed by atoms with van der Waals surface area (Å²) in [5.74, 6) is -0.00935. The molecular formula is C8H9KO4S. The predicted octanol–water partition coefficient (Wildman–Crippen LogP) is -2.08. The van der Waals surface area contributed by atoms with E-state index in [0.717, 1.165) is 6.07 Å². The third kappa shape index (κ3) is 3.03. The van der Waals surface area contributed by atoms with Crippen LogP contribution in [0.25, 0.3) is 0 Å². The molecule has 0 spiro atoms. The summed E-state index contributed by atoms with van der Waals surface area (Å²) in [7, 11) is -4.43. The first-order valence-electron chi connectivity index (χ1n) is 3.59. The number of rotatable bonds is 1. The monoisotopic (exact) mass is 240 g/mol. The summed E-state index contributed by atoms with van der Waals surface area (Å²) in [6, 6.07) is 2.31. The molecule has 0 fully saturated rings. The van der Waals surface area contributed by atoms with E-state index in [4.69, 9.17) is 0 Å². The molecule has 0 atom stereocenters. The van der Waals surface area contributed by atoms with Gasteiger partial charge < -0.3 is 9.66 Å². The molecule has 0 aliphatic rings. The first kappa shape index (κ1) is 14.6. The quantitative estimate of drug-likeness (QED) is 0.451. The molecule has 1 aromatic rings. The number of phenolic OH excluding ortho intramolecular Hbond substituents is 1. The smallest absolute Gasteiger partial charge is 0.744 e. The minimum absolute atomic E-state index is 0. The van der Waals surface area contributed by atoms with Gasteiger partial charge in [-0.3, -0.25) is 0 Å². The Labute approximate surface area is 126 Å². The van der Waals surface area contributed by atoms with Gasteiger partial charge in [-0.25, -0.2) is 8.42 Å². The third-order valence-electron chi connectivity index (χ3n) is 1.98. The van der Waals surface area contributed by atoms with Crippen molar-refractivity contribution in [1.29, 1.82) is 0 Å². The first-order valence-corrected chi connectivity index (χ1v) is 5.00. The Morgan fingerprint density at radius 1 is 1.21 bits per heavy atom. The van der Waals surface area contributed by atoms with Crippen molar-refractivity contribution in [2.24, 2.45) is 0 Å². The van der Waals surface area contributed by atoms with Gasteiger partial charge >= 0.3 is 51.4 Å². The molecule has 1 aromatic carbocycles. The van der Waals surface area contributed by atoms with E-state index in [1.807, 2.05) is 0 Å². The second-order valence-corrected chi connectivity index (χ2v) is 4.14. The van der Waals surface area contributed by atoms with E-state index >= 15 is 0 Å². The van der Waals surface area contributed by atoms with Crippen molar-refractivity contribution in [3.63, 3.8) is 0 Å². The zero-order valence-electron chi connectivity index (χ0n) is 8.23. The summed E-state index contributed by atoms with van der Waals surface area (Å²) in [5.41, 5.74) is 0.715. The van der Waals surface area contributed by atoms with Gasteiger partial charge in [0.05, 0.1) is 4.90 Å². The van der Waals surface area contributed by atoms with E-state index in [9.17, 15) is 18.1 Å². The van der Waals surface area contributed by atoms with Crippen molar-refractivity contribution in [3.8, 4) is 5.75 Å². The molecule has 1 N–H and O–H groups in total. The number of phenols is 1. The van der Waals surface area contributed by atoms with Crippen molar-refractivity contribution in [1.82, 2.24) is 0 Å². The average Bonchev–Trinajstić information content (AvgIpc) is 1.98. The van der Waals surface area contributed by atoms with E-state index in [0.29, 0.717) is 11.1 Å². The van der Waals surface area contributed by atoms with Gasteiger partial charge in [0.15, 0.2) is 0 Å². The van der Waals surface area contributed by atoms with Crippen LogP contribution in [0.4, 0.5) is 0 Å². The summed E-state index contributed by atoms with van der Waals surface area (Å²) in [5, 5.41) is 9.19. The van der Waals surface area contributed by atoms with E-state index in [2.05, 4.69) is 0 Å². The van der Waals surface area contributed by atoms with E-state index < -0.39 is 10.1 Å². The maximum Gasteiger partial charge on any atom is 1.00 e. The Morgan fingerprint density at radius 3 is 2.14 bits per heavy atom. The molecule has 1 rings (SSSR count). The van der Waals surface area contributed by atoms with Gasteiger partial charge in [0.1, 0.15) is 15.9 Å². The molecule has 0 unspecified atom stereocenters. The minimum atomic E-state index is -4.43. The number of hydrogen-bond donors (Lipinski definition) is 1. The fourth-order valence-corrected chi connectivity index (χ4v) is 1.82. The molecule has 72 valence electrons. The molecule has 0 aromatic heterocycles. The number of benzene rings is 1. The molecular weight excluding hydrogens is 231 g/mol. The zero-order chi connectivity index (χ0) is 10.2. The van der Waals surface area contributed by atoms with Crippen LogP contribution < -0.4 is 51.4 Å². The second kappa shape index (κ2) is 5.06. The summed E-state index contributed by atoms with van der Waals surface area (Å²) >= 11 is 0. The van der Waals surface area contributed by atoms with Crippen LogP contribution in [0, 0.1) is 13.8 Å². The van der Waals surface area contributed by atoms with Crippen molar-refractivity contribution >= 4 is 10.1 Å². The van der Waals surface area contributed by atoms with Gasteiger partial charge in [-0.15, -0.1) is 0 Å². The largest absolute Gasteiger partial charge is 1.00 e. The van der Waals surface area contributed by atoms with Crippen molar-refractivity contribution < 1.29 is 69.5 Å². The van der Waals surface area contributed by atoms with Crippen LogP contribution in [0.5, 0.6) is 5.75 Å². The fourth-order valence-electron chi connectivity index (χ4n) is 1.05. The first-order chi connectivity index (χ1) is 5.84. The predicted molar refractivity (Wildman–Crippen MR) is 45.5 cm³/mol. The molecule has 0 aliphatic carbocycles. The van der Waals surface area contributed by atoms with Crippen LogP contribution in [-0.2, 0) is 10.1 Å². The molecule has 0 saturated heterocycles. The van der Waals surface area contributed by atoms with Gasteiger partial charge in [-0.1, -0.05) is 0 Å². The van der Waals surface area contributed by atoms with Gasteiger partial charge in [0.2, 0.25) is 0 Å². The van der Waals surface area contributed by atoms with Crippen LogP contribution in [0.2, 0.25) is 0 Å². The maximum absolute atomic E-state index is 10.7. The molecule has 0 amide bonds. The zero-order valence-corrected chi connectivity index (χ0v) is 12.2. The van der Waals surface area contributed by atoms with Gasteiger partial charge in [-0.2, -0.15) is 0 Å². The van der Waals surface area contributed by atoms with E-state index in [1.165, 1.54) is 13.0 Å². The standard InChI is InChI=1S/C8H10O4S.K/c1-5-6(2)8(13(10,11)12)4-3-7(5)9;/h3-4,9H,1-2H3,(H,10,11,12);/q;+1/p-1. The summed E-state index contributed by atoms with van der Waals surface area (Å²) < 4.78 is 32.0. The van der Waals surface area contributed by atoms with Crippen LogP contribution in [0.3, 0.4) is 0 Å². The van der Waals surface area contributed by atoms with Crippen LogP contribution in [0.1, 0.15) is 11.1 Å². The molecule has 0 aliphatic heterocycles. The van der Waals surface area contributed by atoms with Crippen molar-refractivity contribution in [2.75, 3.05) is 0 Å². The molecule has 6 heteroatoms. The van der Waals surface area contributed by atoms with E-state index in [1.54, 1.807) is 6.92 Å². The maximum atomic E-state index is 10.7. The van der Waals surface area contributed by atoms with Gasteiger partial charge in [0.25, 0.3) is 0 Å². The summed E-state index contributed by atoms with van der Waals surface area (Å²) in [4.78, 5) is -0.275. The Bertz CT molecular complexity index is 439. The Kier molecular flexibility index (Phi) is 5.27. The van der Waals surface area contributed by atoms with Gasteiger partial charge in [-0.05, 0) is 37.1 Å². The third-order valence-corrected chi connectivity index (χ3v) is 2.96. The average molecular weight is 240 g/mol. The van der Waals surface area contributed by atoms with Gasteiger partial charge in [0, 0.05) is 0 Å². The topological polar surface area (TPSA) is 77.4 Å². The Hall–Kier alpha value is 0.566. The molecule has 4 nitrogen and oxygen atoms in total. The summed E-state index contributed by atoms with van der Waals surface area (Å²) in [6.07, 6.45) is 0. The van der Waals surface area contributed by atoms with Crippen LogP contribution in [-0.4, -0.2) is 18.1 Å². The second-order valence-electron chi connectivity index (χ2n) is 2.79. The Balaban J connectivity index is 0.00000169. The SMILES string of the molecule is Cc1c(O)ccc(S(=O)(=O)[O-])c1C.[K+]. The van der Waals surface area contributed by atoms with Crippen LogP contribution >= 0.6 is 0 Å². The normalized spacial score (nSPS) is 10.8. The molecule has 0 bridgehead atoms. The van der Waals surface area contributed by atoms with Crippen LogP contribution in [0.15, 0.2) is 17.0 Å². The van der Waals surface area contributed by atoms with E-state index in [-0.39, 0.29) is 62.0 Å². The van der Waals surface area contributed by atoms with Crippen molar-refractivity contribution in [2.45, 2.75) is 18.7 Å². The Morgan fingerprint density at radius 2 is 1.71 bits per heavy atom. The minimum Gasteiger partial charge on any atom is -0.744 e. The summed E-state index contributed by atoms with van der Waals surface area (Å²) in [6.45, 7) is 3.04. The molecule has 0 heterocycles. The number of hydrogen-bond acceptors (Lipinski definition) is 4. The number of aromatic hydroxyl groups is 1.